The first-order valence-corrected chi connectivity index (χ1v) is 17.8. The van der Waals surface area contributed by atoms with Gasteiger partial charge in [0.15, 0.2) is 17.3 Å². The summed E-state index contributed by atoms with van der Waals surface area (Å²) in [4.78, 5) is 54.5. The second-order valence-electron chi connectivity index (χ2n) is 13.5. The van der Waals surface area contributed by atoms with Crippen molar-refractivity contribution in [3.63, 3.8) is 0 Å². The number of ketones is 3. The van der Waals surface area contributed by atoms with Gasteiger partial charge in [0, 0.05) is 42.0 Å². The molecule has 0 spiro atoms. The van der Waals surface area contributed by atoms with Gasteiger partial charge in [-0.15, -0.1) is 0 Å². The second-order valence-corrected chi connectivity index (χ2v) is 17.8. The number of hydrogen-bond acceptors (Lipinski definition) is 8. The maximum atomic E-state index is 14.3. The van der Waals surface area contributed by atoms with Gasteiger partial charge in [-0.1, -0.05) is 106 Å². The predicted octanol–water partition coefficient (Wildman–Crippen LogP) is 5.28. The van der Waals surface area contributed by atoms with E-state index in [-0.39, 0.29) is 52.2 Å². The Kier molecular flexibility index (Phi) is 8.35. The van der Waals surface area contributed by atoms with E-state index in [0.717, 1.165) is 10.4 Å². The molecule has 8 nitrogen and oxygen atoms in total. The number of ether oxygens (including phenoxy) is 2. The van der Waals surface area contributed by atoms with Crippen molar-refractivity contribution in [2.75, 3.05) is 7.11 Å². The van der Waals surface area contributed by atoms with E-state index in [1.165, 1.54) is 21.0 Å². The maximum absolute atomic E-state index is 14.3. The Morgan fingerprint density at radius 2 is 1.27 bits per heavy atom. The standard InChI is InChI=1S/C39H38O8Si/c1-23(40)39(44)21-29-31(30(22-39)47-48(38(3,4)5,25-15-9-7-10-16-25)26-17-11-8-12-18-26)37(46-24(2)41)33-32(36(29)45-6)34(42)27-19-13-14-20-28(27)35(33)43/h7-20,30,44H,21-22H2,1-6H3/t30-,39-/m0/s1. The van der Waals surface area contributed by atoms with Gasteiger partial charge in [-0.3, -0.25) is 19.2 Å². The molecule has 0 aliphatic heterocycles. The number of fused-ring (bicyclic) bond motifs is 3. The first-order valence-electron chi connectivity index (χ1n) is 15.9. The van der Waals surface area contributed by atoms with Crippen molar-refractivity contribution in [2.45, 2.75) is 64.2 Å². The highest BCUT2D eigenvalue weighted by atomic mass is 28.4. The molecular formula is C39H38O8Si. The van der Waals surface area contributed by atoms with Crippen LogP contribution in [0.5, 0.6) is 11.5 Å². The fraction of sp³-hybridized carbons (Fsp3) is 0.282. The van der Waals surface area contributed by atoms with Crippen LogP contribution in [0.2, 0.25) is 5.04 Å². The monoisotopic (exact) mass is 662 g/mol. The highest BCUT2D eigenvalue weighted by Crippen LogP contribution is 2.54. The third-order valence-corrected chi connectivity index (χ3v) is 14.6. The van der Waals surface area contributed by atoms with Crippen LogP contribution in [0, 0.1) is 0 Å². The molecule has 0 saturated carbocycles. The van der Waals surface area contributed by atoms with Crippen molar-refractivity contribution in [1.82, 2.24) is 0 Å². The van der Waals surface area contributed by atoms with E-state index in [9.17, 15) is 24.3 Å². The lowest BCUT2D eigenvalue weighted by Gasteiger charge is -2.48. The molecule has 0 radical (unpaired) electrons. The predicted molar refractivity (Wildman–Crippen MR) is 183 cm³/mol. The molecule has 9 heteroatoms. The van der Waals surface area contributed by atoms with Crippen LogP contribution < -0.4 is 19.8 Å². The molecule has 4 aromatic carbocycles. The van der Waals surface area contributed by atoms with Crippen LogP contribution in [0.15, 0.2) is 84.9 Å². The zero-order valence-corrected chi connectivity index (χ0v) is 28.9. The molecule has 0 fully saturated rings. The number of aliphatic hydroxyl groups is 1. The Hall–Kier alpha value is -4.70. The summed E-state index contributed by atoms with van der Waals surface area (Å²) in [5.41, 5.74) is -1.16. The number of methoxy groups -OCH3 is 1. The number of Topliss-reactive ketones (excluding diaryl/α,β-unsaturated/α-hetero) is 1. The van der Waals surface area contributed by atoms with E-state index in [4.69, 9.17) is 13.9 Å². The minimum absolute atomic E-state index is 0.0409. The molecule has 2 aliphatic rings. The van der Waals surface area contributed by atoms with Crippen LogP contribution in [-0.4, -0.2) is 49.5 Å². The Bertz CT molecular complexity index is 1920. The van der Waals surface area contributed by atoms with Gasteiger partial charge >= 0.3 is 5.97 Å². The zero-order valence-electron chi connectivity index (χ0n) is 27.9. The Balaban J connectivity index is 1.73. The summed E-state index contributed by atoms with van der Waals surface area (Å²) >= 11 is 0. The van der Waals surface area contributed by atoms with Gasteiger partial charge in [0.25, 0.3) is 8.32 Å². The van der Waals surface area contributed by atoms with Crippen LogP contribution >= 0.6 is 0 Å². The van der Waals surface area contributed by atoms with Crippen molar-refractivity contribution in [3.05, 3.63) is 118 Å². The summed E-state index contributed by atoms with van der Waals surface area (Å²) in [6.07, 6.45) is -1.50. The number of rotatable bonds is 7. The third kappa shape index (κ3) is 5.13. The summed E-state index contributed by atoms with van der Waals surface area (Å²) in [6, 6.07) is 26.2. The molecule has 48 heavy (non-hydrogen) atoms. The number of benzene rings is 4. The average Bonchev–Trinajstić information content (AvgIpc) is 3.05. The van der Waals surface area contributed by atoms with E-state index in [2.05, 4.69) is 20.8 Å². The molecule has 4 aromatic rings. The van der Waals surface area contributed by atoms with Crippen molar-refractivity contribution >= 4 is 42.0 Å². The van der Waals surface area contributed by atoms with Gasteiger partial charge in [-0.2, -0.15) is 0 Å². The van der Waals surface area contributed by atoms with E-state index < -0.39 is 48.4 Å². The van der Waals surface area contributed by atoms with Gasteiger partial charge in [0.2, 0.25) is 0 Å². The minimum atomic E-state index is -3.37. The van der Waals surface area contributed by atoms with Gasteiger partial charge in [-0.25, -0.2) is 0 Å². The molecule has 0 saturated heterocycles. The summed E-state index contributed by atoms with van der Waals surface area (Å²) < 4.78 is 19.3. The van der Waals surface area contributed by atoms with Crippen LogP contribution in [-0.2, 0) is 20.4 Å². The van der Waals surface area contributed by atoms with Gasteiger partial charge < -0.3 is 19.0 Å². The quantitative estimate of drug-likeness (QED) is 0.142. The van der Waals surface area contributed by atoms with Crippen molar-refractivity contribution in [3.8, 4) is 11.5 Å². The van der Waals surface area contributed by atoms with Crippen LogP contribution in [0.1, 0.15) is 90.1 Å². The van der Waals surface area contributed by atoms with Crippen molar-refractivity contribution in [2.24, 2.45) is 0 Å². The van der Waals surface area contributed by atoms with E-state index >= 15 is 0 Å². The molecule has 0 heterocycles. The van der Waals surface area contributed by atoms with E-state index in [1.807, 2.05) is 60.7 Å². The largest absolute Gasteiger partial charge is 0.496 e. The molecule has 246 valence electrons. The lowest BCUT2D eigenvalue weighted by Crippen LogP contribution is -2.67. The maximum Gasteiger partial charge on any atom is 0.308 e. The first kappa shape index (κ1) is 33.2. The van der Waals surface area contributed by atoms with Crippen LogP contribution in [0.4, 0.5) is 0 Å². The Morgan fingerprint density at radius 3 is 1.71 bits per heavy atom. The number of carbonyl (C=O) groups is 4. The molecule has 0 amide bonds. The normalized spacial score (nSPS) is 18.8. The zero-order chi connectivity index (χ0) is 34.6. The van der Waals surface area contributed by atoms with Crippen LogP contribution in [0.25, 0.3) is 0 Å². The summed E-state index contributed by atoms with van der Waals surface area (Å²) in [5.74, 6) is -2.27. The highest BCUT2D eigenvalue weighted by Gasteiger charge is 2.55. The average molecular weight is 663 g/mol. The van der Waals surface area contributed by atoms with Gasteiger partial charge in [0.05, 0.1) is 24.3 Å². The summed E-state index contributed by atoms with van der Waals surface area (Å²) in [5, 5.41) is 13.4. The summed E-state index contributed by atoms with van der Waals surface area (Å²) in [6.45, 7) is 8.82. The fourth-order valence-electron chi connectivity index (χ4n) is 7.39. The number of carbonyl (C=O) groups excluding carboxylic acids is 4. The molecule has 6 rings (SSSR count). The minimum Gasteiger partial charge on any atom is -0.496 e. The van der Waals surface area contributed by atoms with Gasteiger partial charge in [-0.05, 0) is 22.3 Å². The number of esters is 1. The Labute approximate surface area is 280 Å². The van der Waals surface area contributed by atoms with E-state index in [1.54, 1.807) is 24.3 Å². The first-order chi connectivity index (χ1) is 22.7. The topological polar surface area (TPSA) is 116 Å². The molecule has 0 aromatic heterocycles. The lowest BCUT2D eigenvalue weighted by molar-refractivity contribution is -0.139. The fourth-order valence-corrected chi connectivity index (χ4v) is 12.0. The van der Waals surface area contributed by atoms with E-state index in [0.29, 0.717) is 5.56 Å². The number of hydrogen-bond donors (Lipinski definition) is 1. The smallest absolute Gasteiger partial charge is 0.308 e. The molecule has 2 aliphatic carbocycles. The van der Waals surface area contributed by atoms with Crippen molar-refractivity contribution in [1.29, 1.82) is 0 Å². The molecule has 2 atom stereocenters. The summed E-state index contributed by atoms with van der Waals surface area (Å²) in [7, 11) is -2.00. The highest BCUT2D eigenvalue weighted by molar-refractivity contribution is 6.99. The van der Waals surface area contributed by atoms with Crippen LogP contribution in [0.3, 0.4) is 0 Å². The Morgan fingerprint density at radius 1 is 0.792 bits per heavy atom. The van der Waals surface area contributed by atoms with Crippen molar-refractivity contribution < 1.29 is 38.2 Å². The third-order valence-electron chi connectivity index (χ3n) is 9.57. The SMILES string of the molecule is COc1c2c(c(OC(C)=O)c3c1C(=O)c1ccccc1C3=O)[C@@H](O[Si](c1ccccc1)(c1ccccc1)C(C)(C)C)C[C@](O)(C(C)=O)C2. The molecule has 0 bridgehead atoms. The van der Waals surface area contributed by atoms with Gasteiger partial charge in [0.1, 0.15) is 17.1 Å². The molecular weight excluding hydrogens is 625 g/mol. The second kappa shape index (κ2) is 12.1. The molecule has 0 unspecified atom stereocenters. The lowest BCUT2D eigenvalue weighted by atomic mass is 9.72. The molecule has 1 N–H and O–H groups in total.